The highest BCUT2D eigenvalue weighted by Gasteiger charge is 2.67. The standard InChI is InChI=1S/C22H24N4O4/c1-25(12-17-23-8-9-24-17)20(27)18-16-6-7-22(30-16)13-26(21(28)19(18)22)11-14-4-3-5-15(10-14)29-2/h3-10,16,18-19H,11-13H2,1-2H3,(H,23,24)/t16-,18+,19+,22-/m0/s1. The highest BCUT2D eigenvalue weighted by molar-refractivity contribution is 5.93. The molecule has 2 saturated heterocycles. The van der Waals surface area contributed by atoms with Gasteiger partial charge in [-0.15, -0.1) is 0 Å². The van der Waals surface area contributed by atoms with Crippen LogP contribution in [0, 0.1) is 11.8 Å². The Morgan fingerprint density at radius 2 is 2.33 bits per heavy atom. The number of rotatable bonds is 6. The number of H-pyrrole nitrogens is 1. The zero-order valence-corrected chi connectivity index (χ0v) is 16.9. The molecule has 2 aromatic rings. The first kappa shape index (κ1) is 18.9. The molecule has 8 nitrogen and oxygen atoms in total. The number of hydrogen-bond donors (Lipinski definition) is 1. The van der Waals surface area contributed by atoms with Crippen LogP contribution in [0.1, 0.15) is 11.4 Å². The normalized spacial score (nSPS) is 28.8. The van der Waals surface area contributed by atoms with E-state index in [4.69, 9.17) is 9.47 Å². The number of carbonyl (C=O) groups excluding carboxylic acids is 2. The molecule has 1 aromatic heterocycles. The van der Waals surface area contributed by atoms with Crippen molar-refractivity contribution in [2.75, 3.05) is 20.7 Å². The number of nitrogens with zero attached hydrogens (tertiary/aromatic N) is 3. The average Bonchev–Trinajstić information content (AvgIpc) is 3.51. The summed E-state index contributed by atoms with van der Waals surface area (Å²) in [7, 11) is 3.36. The van der Waals surface area contributed by atoms with Crippen LogP contribution >= 0.6 is 0 Å². The van der Waals surface area contributed by atoms with Crippen molar-refractivity contribution in [2.24, 2.45) is 11.8 Å². The molecule has 1 spiro atoms. The molecule has 8 heteroatoms. The number of aromatic amines is 1. The molecule has 5 rings (SSSR count). The van der Waals surface area contributed by atoms with Gasteiger partial charge in [0.15, 0.2) is 0 Å². The highest BCUT2D eigenvalue weighted by Crippen LogP contribution is 2.52. The van der Waals surface area contributed by atoms with E-state index in [1.54, 1.807) is 36.4 Å². The van der Waals surface area contributed by atoms with Gasteiger partial charge in [-0.25, -0.2) is 4.98 Å². The van der Waals surface area contributed by atoms with E-state index in [0.29, 0.717) is 25.5 Å². The first-order valence-corrected chi connectivity index (χ1v) is 10.0. The number of methoxy groups -OCH3 is 1. The third-order valence-electron chi connectivity index (χ3n) is 6.29. The number of aromatic nitrogens is 2. The third kappa shape index (κ3) is 2.90. The van der Waals surface area contributed by atoms with E-state index in [-0.39, 0.29) is 17.9 Å². The third-order valence-corrected chi connectivity index (χ3v) is 6.29. The van der Waals surface area contributed by atoms with Crippen LogP contribution < -0.4 is 4.74 Å². The van der Waals surface area contributed by atoms with Crippen LogP contribution in [0.15, 0.2) is 48.8 Å². The van der Waals surface area contributed by atoms with Crippen molar-refractivity contribution >= 4 is 11.8 Å². The van der Waals surface area contributed by atoms with Gasteiger partial charge >= 0.3 is 0 Å². The maximum atomic E-state index is 13.4. The van der Waals surface area contributed by atoms with Crippen molar-refractivity contribution in [1.29, 1.82) is 0 Å². The molecule has 2 bridgehead atoms. The van der Waals surface area contributed by atoms with Gasteiger partial charge in [-0.05, 0) is 17.7 Å². The summed E-state index contributed by atoms with van der Waals surface area (Å²) < 4.78 is 11.5. The molecule has 4 heterocycles. The molecule has 1 N–H and O–H groups in total. The predicted molar refractivity (Wildman–Crippen MR) is 107 cm³/mol. The summed E-state index contributed by atoms with van der Waals surface area (Å²) >= 11 is 0. The summed E-state index contributed by atoms with van der Waals surface area (Å²) in [5.74, 6) is 0.320. The number of hydrogen-bond acceptors (Lipinski definition) is 5. The minimum Gasteiger partial charge on any atom is -0.497 e. The molecule has 2 amide bonds. The quantitative estimate of drug-likeness (QED) is 0.730. The summed E-state index contributed by atoms with van der Waals surface area (Å²) in [5, 5.41) is 0. The first-order chi connectivity index (χ1) is 14.5. The summed E-state index contributed by atoms with van der Waals surface area (Å²) in [6.07, 6.45) is 6.93. The molecule has 2 fully saturated rings. The number of benzene rings is 1. The second kappa shape index (κ2) is 6.98. The van der Waals surface area contributed by atoms with Gasteiger partial charge in [0, 0.05) is 26.0 Å². The van der Waals surface area contributed by atoms with Gasteiger partial charge in [0.2, 0.25) is 11.8 Å². The van der Waals surface area contributed by atoms with Crippen molar-refractivity contribution in [3.8, 4) is 5.75 Å². The highest BCUT2D eigenvalue weighted by atomic mass is 16.5. The zero-order valence-electron chi connectivity index (χ0n) is 16.9. The number of nitrogens with one attached hydrogen (secondary N) is 1. The smallest absolute Gasteiger partial charge is 0.230 e. The van der Waals surface area contributed by atoms with Crippen LogP contribution in [0.5, 0.6) is 5.75 Å². The lowest BCUT2D eigenvalue weighted by atomic mass is 9.76. The molecule has 156 valence electrons. The van der Waals surface area contributed by atoms with E-state index in [2.05, 4.69) is 9.97 Å². The Balaban J connectivity index is 1.36. The molecular weight excluding hydrogens is 384 g/mol. The Kier molecular flexibility index (Phi) is 4.39. The molecule has 0 saturated carbocycles. The molecule has 30 heavy (non-hydrogen) atoms. The minimum absolute atomic E-state index is 0.0329. The summed E-state index contributed by atoms with van der Waals surface area (Å²) in [6.45, 7) is 1.27. The molecule has 0 unspecified atom stereocenters. The molecular formula is C22H24N4O4. The monoisotopic (exact) mass is 408 g/mol. The van der Waals surface area contributed by atoms with E-state index < -0.39 is 17.4 Å². The average molecular weight is 408 g/mol. The second-order valence-corrected chi connectivity index (χ2v) is 8.18. The lowest BCUT2D eigenvalue weighted by molar-refractivity contribution is -0.143. The van der Waals surface area contributed by atoms with Gasteiger partial charge in [0.1, 0.15) is 17.2 Å². The Morgan fingerprint density at radius 3 is 3.10 bits per heavy atom. The van der Waals surface area contributed by atoms with Gasteiger partial charge in [-0.2, -0.15) is 0 Å². The van der Waals surface area contributed by atoms with Gasteiger partial charge < -0.3 is 24.3 Å². The number of imidazole rings is 1. The lowest BCUT2D eigenvalue weighted by Gasteiger charge is -2.27. The van der Waals surface area contributed by atoms with E-state index in [1.165, 1.54) is 0 Å². The predicted octanol–water partition coefficient (Wildman–Crippen LogP) is 1.36. The summed E-state index contributed by atoms with van der Waals surface area (Å²) in [5.41, 5.74) is 0.266. The summed E-state index contributed by atoms with van der Waals surface area (Å²) in [6, 6.07) is 7.67. The zero-order chi connectivity index (χ0) is 20.9. The van der Waals surface area contributed by atoms with E-state index in [1.807, 2.05) is 36.4 Å². The van der Waals surface area contributed by atoms with E-state index in [9.17, 15) is 9.59 Å². The fourth-order valence-corrected chi connectivity index (χ4v) is 4.93. The van der Waals surface area contributed by atoms with Crippen LogP contribution in [-0.4, -0.2) is 64.0 Å². The minimum atomic E-state index is -0.716. The molecule has 4 atom stereocenters. The summed E-state index contributed by atoms with van der Waals surface area (Å²) in [4.78, 5) is 37.3. The van der Waals surface area contributed by atoms with Gasteiger partial charge in [-0.3, -0.25) is 9.59 Å². The van der Waals surface area contributed by atoms with Gasteiger partial charge in [0.05, 0.1) is 38.1 Å². The Morgan fingerprint density at radius 1 is 1.47 bits per heavy atom. The van der Waals surface area contributed by atoms with Crippen molar-refractivity contribution in [2.45, 2.75) is 24.8 Å². The fourth-order valence-electron chi connectivity index (χ4n) is 4.93. The van der Waals surface area contributed by atoms with E-state index >= 15 is 0 Å². The topological polar surface area (TPSA) is 87.8 Å². The van der Waals surface area contributed by atoms with Gasteiger partial charge in [0.25, 0.3) is 0 Å². The van der Waals surface area contributed by atoms with Crippen molar-refractivity contribution in [1.82, 2.24) is 19.8 Å². The van der Waals surface area contributed by atoms with Crippen molar-refractivity contribution in [3.05, 3.63) is 60.2 Å². The Labute approximate surface area is 174 Å². The number of amides is 2. The van der Waals surface area contributed by atoms with Crippen LogP contribution in [0.4, 0.5) is 0 Å². The maximum Gasteiger partial charge on any atom is 0.230 e. The molecule has 1 aromatic carbocycles. The number of fused-ring (bicyclic) bond motifs is 1. The molecule has 3 aliphatic heterocycles. The first-order valence-electron chi connectivity index (χ1n) is 10.0. The van der Waals surface area contributed by atoms with Crippen molar-refractivity contribution < 1.29 is 19.1 Å². The Hall–Kier alpha value is -3.13. The van der Waals surface area contributed by atoms with Crippen LogP contribution in [-0.2, 0) is 27.4 Å². The fraction of sp³-hybridized carbons (Fsp3) is 0.409. The Bertz CT molecular complexity index is 1000. The molecule has 0 radical (unpaired) electrons. The maximum absolute atomic E-state index is 13.4. The number of ether oxygens (including phenoxy) is 2. The largest absolute Gasteiger partial charge is 0.497 e. The molecule has 3 aliphatic rings. The SMILES string of the molecule is COc1cccc(CN2C[C@]34C=C[C@H](O3)[C@@H](C(=O)N(C)Cc3ncc[nH]3)[C@@H]4C2=O)c1. The van der Waals surface area contributed by atoms with Crippen LogP contribution in [0.3, 0.4) is 0 Å². The van der Waals surface area contributed by atoms with Gasteiger partial charge in [-0.1, -0.05) is 24.3 Å². The van der Waals surface area contributed by atoms with Crippen molar-refractivity contribution in [3.63, 3.8) is 0 Å². The van der Waals surface area contributed by atoms with Crippen LogP contribution in [0.2, 0.25) is 0 Å². The van der Waals surface area contributed by atoms with E-state index in [0.717, 1.165) is 11.3 Å². The lowest BCUT2D eigenvalue weighted by Crippen LogP contribution is -2.44. The number of carbonyl (C=O) groups is 2. The second-order valence-electron chi connectivity index (χ2n) is 8.18. The molecule has 0 aliphatic carbocycles. The van der Waals surface area contributed by atoms with Crippen LogP contribution in [0.25, 0.3) is 0 Å². The number of likely N-dealkylation sites (tertiary alicyclic amines) is 1.